The highest BCUT2D eigenvalue weighted by molar-refractivity contribution is 5.84. The van der Waals surface area contributed by atoms with Crippen LogP contribution >= 0.6 is 0 Å². The fraction of sp³-hybridized carbons (Fsp3) is 0.762. The van der Waals surface area contributed by atoms with Crippen molar-refractivity contribution >= 4 is 5.78 Å². The average molecular weight is 345 g/mol. The summed E-state index contributed by atoms with van der Waals surface area (Å²) < 4.78 is 0. The molecule has 0 aromatic heterocycles. The van der Waals surface area contributed by atoms with Gasteiger partial charge in [0, 0.05) is 17.4 Å². The molecule has 0 saturated heterocycles. The second-order valence-electron chi connectivity index (χ2n) is 9.12. The summed E-state index contributed by atoms with van der Waals surface area (Å²) in [6.45, 7) is 4.11. The fourth-order valence-corrected chi connectivity index (χ4v) is 6.63. The van der Waals surface area contributed by atoms with E-state index in [-0.39, 0.29) is 28.6 Å². The normalized spacial score (nSPS) is 46.2. The molecule has 3 unspecified atom stereocenters. The Balaban J connectivity index is 1.83. The molecular formula is C21H31NO3. The van der Waals surface area contributed by atoms with Gasteiger partial charge in [-0.15, -0.1) is 0 Å². The molecule has 138 valence electrons. The second kappa shape index (κ2) is 5.77. The average Bonchev–Trinajstić information content (AvgIpc) is 2.89. The van der Waals surface area contributed by atoms with Gasteiger partial charge in [-0.1, -0.05) is 36.6 Å². The number of fused-ring (bicyclic) bond motifs is 4. The van der Waals surface area contributed by atoms with E-state index in [9.17, 15) is 15.0 Å². The molecule has 4 nitrogen and oxygen atoms in total. The van der Waals surface area contributed by atoms with Crippen molar-refractivity contribution in [1.82, 2.24) is 0 Å². The lowest BCUT2D eigenvalue weighted by molar-refractivity contribution is -0.130. The summed E-state index contributed by atoms with van der Waals surface area (Å²) in [4.78, 5) is 12.6. The Morgan fingerprint density at radius 1 is 1.28 bits per heavy atom. The summed E-state index contributed by atoms with van der Waals surface area (Å²) >= 11 is 0. The maximum absolute atomic E-state index is 12.6. The number of hydrogen-bond donors (Lipinski definition) is 3. The van der Waals surface area contributed by atoms with Crippen molar-refractivity contribution in [2.45, 2.75) is 70.9 Å². The van der Waals surface area contributed by atoms with Crippen LogP contribution in [0.25, 0.3) is 0 Å². The minimum Gasteiger partial charge on any atom is -0.389 e. The summed E-state index contributed by atoms with van der Waals surface area (Å²) in [5.41, 5.74) is 10.5. The molecule has 0 spiro atoms. The molecule has 4 heteroatoms. The van der Waals surface area contributed by atoms with Crippen LogP contribution < -0.4 is 5.73 Å². The second-order valence-corrected chi connectivity index (χ2v) is 9.12. The van der Waals surface area contributed by atoms with E-state index < -0.39 is 12.7 Å². The van der Waals surface area contributed by atoms with Gasteiger partial charge < -0.3 is 15.9 Å². The van der Waals surface area contributed by atoms with Gasteiger partial charge in [-0.3, -0.25) is 4.79 Å². The molecule has 4 aliphatic rings. The van der Waals surface area contributed by atoms with Crippen molar-refractivity contribution < 1.29 is 15.0 Å². The molecule has 4 N–H and O–H groups in total. The Bertz CT molecular complexity index is 666. The number of Topliss-reactive ketones (excluding diaryl/α,β-unsaturated/α-hetero) is 1. The van der Waals surface area contributed by atoms with Crippen LogP contribution in [0, 0.1) is 22.7 Å². The Kier molecular flexibility index (Phi) is 4.02. The maximum atomic E-state index is 12.6. The number of carbonyl (C=O) groups excluding carboxylic acids is 1. The number of allylic oxidation sites excluding steroid dienone is 3. The van der Waals surface area contributed by atoms with E-state index in [1.54, 1.807) is 5.57 Å². The Morgan fingerprint density at radius 2 is 2.04 bits per heavy atom. The predicted molar refractivity (Wildman–Crippen MR) is 96.7 cm³/mol. The zero-order valence-electron chi connectivity index (χ0n) is 15.4. The molecule has 0 heterocycles. The van der Waals surface area contributed by atoms with Gasteiger partial charge in [-0.05, 0) is 56.3 Å². The van der Waals surface area contributed by atoms with Crippen LogP contribution in [0.2, 0.25) is 0 Å². The van der Waals surface area contributed by atoms with Crippen molar-refractivity contribution in [1.29, 1.82) is 0 Å². The third kappa shape index (κ3) is 2.27. The third-order valence-electron chi connectivity index (χ3n) is 8.20. The first-order chi connectivity index (χ1) is 11.8. The zero-order chi connectivity index (χ0) is 18.0. The first-order valence-corrected chi connectivity index (χ1v) is 9.83. The summed E-state index contributed by atoms with van der Waals surface area (Å²) in [7, 11) is 0. The van der Waals surface area contributed by atoms with Crippen LogP contribution in [-0.2, 0) is 4.79 Å². The van der Waals surface area contributed by atoms with Gasteiger partial charge >= 0.3 is 0 Å². The first kappa shape index (κ1) is 17.4. The lowest BCUT2D eigenvalue weighted by Gasteiger charge is -2.53. The smallest absolute Gasteiger partial charge is 0.162 e. The highest BCUT2D eigenvalue weighted by atomic mass is 16.3. The molecule has 6 atom stereocenters. The minimum atomic E-state index is -0.570. The summed E-state index contributed by atoms with van der Waals surface area (Å²) in [6, 6.07) is 0.277. The van der Waals surface area contributed by atoms with Crippen molar-refractivity contribution in [3.63, 3.8) is 0 Å². The Morgan fingerprint density at radius 3 is 2.76 bits per heavy atom. The molecule has 0 aromatic carbocycles. The van der Waals surface area contributed by atoms with E-state index in [1.807, 2.05) is 6.08 Å². The van der Waals surface area contributed by atoms with Gasteiger partial charge in [0.2, 0.25) is 0 Å². The molecule has 0 aliphatic heterocycles. The highest BCUT2D eigenvalue weighted by Crippen LogP contribution is 2.63. The SMILES string of the molecule is C[C@@]12C(=CC(O)CC1C(=O)CO)CCC1=C2CC[C@]2(C)C(N)CC[C@@H]12. The molecule has 1 fully saturated rings. The highest BCUT2D eigenvalue weighted by Gasteiger charge is 2.56. The summed E-state index contributed by atoms with van der Waals surface area (Å²) in [6.07, 6.45) is 8.14. The van der Waals surface area contributed by atoms with Gasteiger partial charge in [-0.25, -0.2) is 0 Å². The lowest BCUT2D eigenvalue weighted by Crippen LogP contribution is -2.49. The molecule has 4 aliphatic carbocycles. The van der Waals surface area contributed by atoms with Crippen LogP contribution in [0.4, 0.5) is 0 Å². The van der Waals surface area contributed by atoms with Crippen molar-refractivity contribution in [3.8, 4) is 0 Å². The summed E-state index contributed by atoms with van der Waals surface area (Å²) in [5, 5.41) is 19.8. The Hall–Kier alpha value is -0.970. The largest absolute Gasteiger partial charge is 0.389 e. The molecule has 4 rings (SSSR count). The molecule has 1 saturated carbocycles. The summed E-state index contributed by atoms with van der Waals surface area (Å²) in [5.74, 6) is 0.107. The number of hydrogen-bond acceptors (Lipinski definition) is 4. The van der Waals surface area contributed by atoms with E-state index >= 15 is 0 Å². The van der Waals surface area contributed by atoms with Crippen molar-refractivity contribution in [2.75, 3.05) is 6.61 Å². The molecule has 0 radical (unpaired) electrons. The standard InChI is InChI=1S/C21H31NO3/c1-20-8-7-16-14(15(20)5-6-19(20)22)4-3-12-9-13(24)10-17(18(25)11-23)21(12,16)2/h9,13,15,17,19,23-24H,3-8,10-11,22H2,1-2H3/t13?,15-,17?,19?,20-,21-/m0/s1. The molecule has 25 heavy (non-hydrogen) atoms. The number of ketones is 1. The third-order valence-corrected chi connectivity index (χ3v) is 8.20. The van der Waals surface area contributed by atoms with Crippen LogP contribution in [0.15, 0.2) is 22.8 Å². The number of carbonyl (C=O) groups is 1. The zero-order valence-corrected chi connectivity index (χ0v) is 15.4. The van der Waals surface area contributed by atoms with E-state index in [0.717, 1.165) is 38.5 Å². The van der Waals surface area contributed by atoms with Crippen LogP contribution in [0.5, 0.6) is 0 Å². The van der Waals surface area contributed by atoms with Crippen molar-refractivity contribution in [2.24, 2.45) is 28.4 Å². The van der Waals surface area contributed by atoms with Gasteiger partial charge in [0.25, 0.3) is 0 Å². The molecule has 0 bridgehead atoms. The van der Waals surface area contributed by atoms with Gasteiger partial charge in [0.1, 0.15) is 6.61 Å². The topological polar surface area (TPSA) is 83.5 Å². The van der Waals surface area contributed by atoms with E-state index in [1.165, 1.54) is 11.1 Å². The van der Waals surface area contributed by atoms with Crippen LogP contribution in [0.1, 0.15) is 58.8 Å². The quantitative estimate of drug-likeness (QED) is 0.672. The molecule has 0 aromatic rings. The fourth-order valence-electron chi connectivity index (χ4n) is 6.63. The van der Waals surface area contributed by atoms with E-state index in [2.05, 4.69) is 13.8 Å². The number of nitrogens with two attached hydrogens (primary N) is 1. The Labute approximate surface area is 150 Å². The van der Waals surface area contributed by atoms with Crippen LogP contribution in [0.3, 0.4) is 0 Å². The molecule has 0 amide bonds. The number of rotatable bonds is 2. The van der Waals surface area contributed by atoms with Crippen molar-refractivity contribution in [3.05, 3.63) is 22.8 Å². The van der Waals surface area contributed by atoms with E-state index in [0.29, 0.717) is 12.3 Å². The van der Waals surface area contributed by atoms with Gasteiger partial charge in [0.05, 0.1) is 6.10 Å². The van der Waals surface area contributed by atoms with E-state index in [4.69, 9.17) is 5.73 Å². The molecular weight excluding hydrogens is 314 g/mol. The number of aliphatic hydroxyl groups is 2. The number of aliphatic hydroxyl groups excluding tert-OH is 2. The van der Waals surface area contributed by atoms with Gasteiger partial charge in [-0.2, -0.15) is 0 Å². The first-order valence-electron chi connectivity index (χ1n) is 9.83. The monoisotopic (exact) mass is 345 g/mol. The van der Waals surface area contributed by atoms with Gasteiger partial charge in [0.15, 0.2) is 5.78 Å². The maximum Gasteiger partial charge on any atom is 0.162 e. The minimum absolute atomic E-state index is 0.127. The predicted octanol–water partition coefficient (Wildman–Crippen LogP) is 2.49. The van der Waals surface area contributed by atoms with Crippen LogP contribution in [-0.4, -0.2) is 34.7 Å². The lowest BCUT2D eigenvalue weighted by atomic mass is 9.51.